The lowest BCUT2D eigenvalue weighted by Crippen LogP contribution is -2.10. The third-order valence-corrected chi connectivity index (χ3v) is 2.59. The van der Waals surface area contributed by atoms with Gasteiger partial charge in [-0.15, -0.1) is 0 Å². The molecular formula is C14H16N2O2. The number of carbonyl (C=O) groups is 1. The van der Waals surface area contributed by atoms with E-state index in [0.29, 0.717) is 19.4 Å². The van der Waals surface area contributed by atoms with E-state index in [1.54, 1.807) is 12.4 Å². The average molecular weight is 244 g/mol. The highest BCUT2D eigenvalue weighted by atomic mass is 16.5. The number of benzene rings is 1. The Morgan fingerprint density at radius 2 is 2.33 bits per heavy atom. The Hall–Kier alpha value is -2.10. The van der Waals surface area contributed by atoms with Gasteiger partial charge in [-0.1, -0.05) is 12.1 Å². The predicted octanol–water partition coefficient (Wildman–Crippen LogP) is 2.69. The Balaban J connectivity index is 1.72. The molecular weight excluding hydrogens is 228 g/mol. The number of aromatic nitrogens is 2. The van der Waals surface area contributed by atoms with Crippen molar-refractivity contribution >= 4 is 5.91 Å². The minimum Gasteiger partial charge on any atom is -0.494 e. The molecule has 1 aromatic carbocycles. The SMILES string of the molecule is Cc1cccc(OCCCC(=O)n2ccnc2)c1. The fourth-order valence-corrected chi connectivity index (χ4v) is 1.65. The summed E-state index contributed by atoms with van der Waals surface area (Å²) in [7, 11) is 0. The zero-order valence-electron chi connectivity index (χ0n) is 10.4. The second-order valence-corrected chi connectivity index (χ2v) is 4.13. The summed E-state index contributed by atoms with van der Waals surface area (Å²) >= 11 is 0. The molecule has 0 atom stereocenters. The number of ether oxygens (including phenoxy) is 1. The van der Waals surface area contributed by atoms with Gasteiger partial charge in [0.25, 0.3) is 0 Å². The highest BCUT2D eigenvalue weighted by Crippen LogP contribution is 2.12. The van der Waals surface area contributed by atoms with Crippen LogP contribution in [0.15, 0.2) is 43.0 Å². The van der Waals surface area contributed by atoms with Gasteiger partial charge < -0.3 is 4.74 Å². The van der Waals surface area contributed by atoms with Gasteiger partial charge in [0, 0.05) is 18.8 Å². The van der Waals surface area contributed by atoms with Crippen molar-refractivity contribution in [2.45, 2.75) is 19.8 Å². The van der Waals surface area contributed by atoms with E-state index in [4.69, 9.17) is 4.74 Å². The summed E-state index contributed by atoms with van der Waals surface area (Å²) in [4.78, 5) is 15.5. The van der Waals surface area contributed by atoms with Crippen molar-refractivity contribution in [3.63, 3.8) is 0 Å². The molecule has 2 rings (SSSR count). The zero-order chi connectivity index (χ0) is 12.8. The summed E-state index contributed by atoms with van der Waals surface area (Å²) in [6, 6.07) is 7.89. The molecule has 0 amide bonds. The Labute approximate surface area is 106 Å². The van der Waals surface area contributed by atoms with E-state index in [2.05, 4.69) is 4.98 Å². The summed E-state index contributed by atoms with van der Waals surface area (Å²) in [5.74, 6) is 0.894. The smallest absolute Gasteiger partial charge is 0.231 e. The van der Waals surface area contributed by atoms with Crippen molar-refractivity contribution in [3.8, 4) is 5.75 Å². The third-order valence-electron chi connectivity index (χ3n) is 2.59. The molecule has 94 valence electrons. The molecule has 0 bridgehead atoms. The Morgan fingerprint density at radius 3 is 3.06 bits per heavy atom. The standard InChI is InChI=1S/C14H16N2O2/c1-12-4-2-5-13(10-12)18-9-3-6-14(17)16-8-7-15-11-16/h2,4-5,7-8,10-11H,3,6,9H2,1H3. The van der Waals surface area contributed by atoms with E-state index in [1.165, 1.54) is 16.5 Å². The fraction of sp³-hybridized carbons (Fsp3) is 0.286. The van der Waals surface area contributed by atoms with Crippen LogP contribution in [0.25, 0.3) is 0 Å². The van der Waals surface area contributed by atoms with Crippen LogP contribution in [0.1, 0.15) is 23.2 Å². The summed E-state index contributed by atoms with van der Waals surface area (Å²) in [5, 5.41) is 0. The van der Waals surface area contributed by atoms with E-state index in [1.807, 2.05) is 31.2 Å². The maximum absolute atomic E-state index is 11.6. The van der Waals surface area contributed by atoms with E-state index >= 15 is 0 Å². The van der Waals surface area contributed by atoms with Crippen molar-refractivity contribution in [1.82, 2.24) is 9.55 Å². The van der Waals surface area contributed by atoms with Gasteiger partial charge in [0.05, 0.1) is 6.61 Å². The van der Waals surface area contributed by atoms with Gasteiger partial charge in [-0.25, -0.2) is 4.98 Å². The highest BCUT2D eigenvalue weighted by molar-refractivity contribution is 5.78. The summed E-state index contributed by atoms with van der Waals surface area (Å²) < 4.78 is 7.07. The average Bonchev–Trinajstić information content (AvgIpc) is 2.88. The normalized spacial score (nSPS) is 10.3. The van der Waals surface area contributed by atoms with Gasteiger partial charge in [0.15, 0.2) is 0 Å². The Bertz CT molecular complexity index is 506. The van der Waals surface area contributed by atoms with Gasteiger partial charge in [0.2, 0.25) is 5.91 Å². The van der Waals surface area contributed by atoms with Crippen LogP contribution in [0.2, 0.25) is 0 Å². The van der Waals surface area contributed by atoms with Crippen LogP contribution in [-0.2, 0) is 0 Å². The van der Waals surface area contributed by atoms with Gasteiger partial charge in [-0.05, 0) is 31.0 Å². The molecule has 0 unspecified atom stereocenters. The van der Waals surface area contributed by atoms with Crippen molar-refractivity contribution in [2.75, 3.05) is 6.61 Å². The fourth-order valence-electron chi connectivity index (χ4n) is 1.65. The van der Waals surface area contributed by atoms with Crippen LogP contribution in [0, 0.1) is 6.92 Å². The van der Waals surface area contributed by atoms with Crippen molar-refractivity contribution in [1.29, 1.82) is 0 Å². The molecule has 0 aliphatic carbocycles. The molecule has 0 saturated carbocycles. The van der Waals surface area contributed by atoms with Crippen LogP contribution < -0.4 is 4.74 Å². The van der Waals surface area contributed by atoms with Crippen LogP contribution in [0.3, 0.4) is 0 Å². The molecule has 4 nitrogen and oxygen atoms in total. The lowest BCUT2D eigenvalue weighted by Gasteiger charge is -2.06. The minimum absolute atomic E-state index is 0.0420. The molecule has 0 fully saturated rings. The largest absolute Gasteiger partial charge is 0.494 e. The molecule has 1 aromatic heterocycles. The molecule has 0 aliphatic rings. The van der Waals surface area contributed by atoms with E-state index in [9.17, 15) is 4.79 Å². The molecule has 0 spiro atoms. The van der Waals surface area contributed by atoms with E-state index in [-0.39, 0.29) is 5.91 Å². The molecule has 0 aliphatic heterocycles. The van der Waals surface area contributed by atoms with Crippen LogP contribution >= 0.6 is 0 Å². The van der Waals surface area contributed by atoms with Crippen LogP contribution in [-0.4, -0.2) is 22.1 Å². The summed E-state index contributed by atoms with van der Waals surface area (Å²) in [6.07, 6.45) is 5.93. The van der Waals surface area contributed by atoms with Crippen LogP contribution in [0.5, 0.6) is 5.75 Å². The molecule has 0 saturated heterocycles. The monoisotopic (exact) mass is 244 g/mol. The summed E-state index contributed by atoms with van der Waals surface area (Å²) in [6.45, 7) is 2.57. The van der Waals surface area contributed by atoms with Gasteiger partial charge >= 0.3 is 0 Å². The van der Waals surface area contributed by atoms with E-state index < -0.39 is 0 Å². The first kappa shape index (κ1) is 12.4. The number of imidazole rings is 1. The topological polar surface area (TPSA) is 44.1 Å². The summed E-state index contributed by atoms with van der Waals surface area (Å²) in [5.41, 5.74) is 1.17. The molecule has 1 heterocycles. The number of hydrogen-bond acceptors (Lipinski definition) is 3. The predicted molar refractivity (Wildman–Crippen MR) is 68.8 cm³/mol. The second kappa shape index (κ2) is 6.00. The lowest BCUT2D eigenvalue weighted by atomic mass is 10.2. The number of aryl methyl sites for hydroxylation is 1. The van der Waals surface area contributed by atoms with Crippen LogP contribution in [0.4, 0.5) is 0 Å². The van der Waals surface area contributed by atoms with Gasteiger partial charge in [-0.2, -0.15) is 0 Å². The second-order valence-electron chi connectivity index (χ2n) is 4.13. The molecule has 0 radical (unpaired) electrons. The number of hydrogen-bond donors (Lipinski definition) is 0. The van der Waals surface area contributed by atoms with Crippen molar-refractivity contribution in [3.05, 3.63) is 48.5 Å². The number of rotatable bonds is 5. The Kier molecular flexibility index (Phi) is 4.12. The van der Waals surface area contributed by atoms with Gasteiger partial charge in [-0.3, -0.25) is 9.36 Å². The van der Waals surface area contributed by atoms with Crippen molar-refractivity contribution < 1.29 is 9.53 Å². The molecule has 4 heteroatoms. The van der Waals surface area contributed by atoms with Crippen molar-refractivity contribution in [2.24, 2.45) is 0 Å². The number of nitrogens with zero attached hydrogens (tertiary/aromatic N) is 2. The Morgan fingerprint density at radius 1 is 1.44 bits per heavy atom. The quantitative estimate of drug-likeness (QED) is 0.759. The molecule has 0 N–H and O–H groups in total. The maximum atomic E-state index is 11.6. The highest BCUT2D eigenvalue weighted by Gasteiger charge is 2.03. The van der Waals surface area contributed by atoms with E-state index in [0.717, 1.165) is 5.75 Å². The first-order valence-corrected chi connectivity index (χ1v) is 5.96. The minimum atomic E-state index is 0.0420. The zero-order valence-corrected chi connectivity index (χ0v) is 10.4. The first-order chi connectivity index (χ1) is 8.75. The number of carbonyl (C=O) groups excluding carboxylic acids is 1. The lowest BCUT2D eigenvalue weighted by molar-refractivity contribution is 0.0893. The third kappa shape index (κ3) is 3.45. The maximum Gasteiger partial charge on any atom is 0.231 e. The molecule has 18 heavy (non-hydrogen) atoms. The van der Waals surface area contributed by atoms with Gasteiger partial charge in [0.1, 0.15) is 12.1 Å². The first-order valence-electron chi connectivity index (χ1n) is 5.96. The molecule has 2 aromatic rings.